The van der Waals surface area contributed by atoms with Crippen LogP contribution in [0.15, 0.2) is 0 Å². The van der Waals surface area contributed by atoms with Gasteiger partial charge in [0.2, 0.25) is 0 Å². The third-order valence-electron chi connectivity index (χ3n) is 0.500. The molecule has 0 unspecified atom stereocenters. The van der Waals surface area contributed by atoms with Crippen molar-refractivity contribution in [3.8, 4) is 0 Å². The van der Waals surface area contributed by atoms with E-state index in [0.29, 0.717) is 0 Å². The normalized spacial score (nSPS) is 6.00. The molecule has 0 aromatic carbocycles. The van der Waals surface area contributed by atoms with E-state index < -0.39 is 0 Å². The van der Waals surface area contributed by atoms with Gasteiger partial charge in [-0.15, -0.1) is 0 Å². The average molecular weight is 149 g/mol. The van der Waals surface area contributed by atoms with Crippen LogP contribution in [0.2, 0.25) is 0 Å². The summed E-state index contributed by atoms with van der Waals surface area (Å²) in [6.07, 6.45) is 2.64. The average Bonchev–Trinajstić information content (AvgIpc) is 1.37. The van der Waals surface area contributed by atoms with E-state index >= 15 is 0 Å². The molecule has 0 fully saturated rings. The summed E-state index contributed by atoms with van der Waals surface area (Å²) in [5.41, 5.74) is 0. The van der Waals surface area contributed by atoms with Gasteiger partial charge in [0, 0.05) is 26.2 Å². The Balaban J connectivity index is 0. The van der Waals surface area contributed by atoms with Gasteiger partial charge in [-0.25, -0.2) is 0 Å². The van der Waals surface area contributed by atoms with Crippen molar-refractivity contribution < 1.29 is 26.2 Å². The summed E-state index contributed by atoms with van der Waals surface area (Å²) >= 11 is 0. The zero-order valence-corrected chi connectivity index (χ0v) is 6.37. The van der Waals surface area contributed by atoms with E-state index in [-0.39, 0.29) is 26.2 Å². The first kappa shape index (κ1) is 9.30. The van der Waals surface area contributed by atoms with E-state index in [9.17, 15) is 0 Å². The molecule has 0 atom stereocenters. The van der Waals surface area contributed by atoms with E-state index in [1.54, 1.807) is 0 Å². The van der Waals surface area contributed by atoms with Gasteiger partial charge in [-0.1, -0.05) is 26.7 Å². The van der Waals surface area contributed by atoms with Crippen LogP contribution in [0.3, 0.4) is 0 Å². The van der Waals surface area contributed by atoms with Crippen molar-refractivity contribution in [1.82, 2.24) is 0 Å². The van der Waals surface area contributed by atoms with Crippen molar-refractivity contribution in [2.45, 2.75) is 26.7 Å². The molecule has 0 aliphatic heterocycles. The number of unbranched alkanes of at least 4 members (excludes halogenated alkanes) is 1. The third-order valence-corrected chi connectivity index (χ3v) is 0.500. The summed E-state index contributed by atoms with van der Waals surface area (Å²) in [6, 6.07) is 0. The molecule has 0 saturated heterocycles. The van der Waals surface area contributed by atoms with Crippen LogP contribution in [0.5, 0.6) is 0 Å². The van der Waals surface area contributed by atoms with Crippen LogP contribution in [-0.2, 0) is 26.2 Å². The fraction of sp³-hybridized carbons (Fsp3) is 1.00. The molecule has 0 spiro atoms. The fourth-order valence-electron chi connectivity index (χ4n) is 0. The number of hydrogen-bond donors (Lipinski definition) is 0. The van der Waals surface area contributed by atoms with Crippen molar-refractivity contribution >= 4 is 0 Å². The Bertz CT molecular complexity index is 5.61. The molecule has 0 aliphatic rings. The Morgan fingerprint density at radius 3 is 1.20 bits per heavy atom. The first-order valence-electron chi connectivity index (χ1n) is 1.91. The van der Waals surface area contributed by atoms with E-state index in [1.165, 1.54) is 12.8 Å². The van der Waals surface area contributed by atoms with Gasteiger partial charge >= 0.3 is 0 Å². The molecule has 0 aliphatic carbocycles. The zero-order valence-electron chi connectivity index (χ0n) is 3.91. The summed E-state index contributed by atoms with van der Waals surface area (Å²) in [6.45, 7) is 4.36. The molecule has 0 bridgehead atoms. The van der Waals surface area contributed by atoms with Gasteiger partial charge in [-0.2, -0.15) is 0 Å². The minimum atomic E-state index is 0. The monoisotopic (exact) mass is 148 g/mol. The van der Waals surface area contributed by atoms with E-state index in [2.05, 4.69) is 13.8 Å². The van der Waals surface area contributed by atoms with Crippen molar-refractivity contribution in [3.05, 3.63) is 0 Å². The minimum absolute atomic E-state index is 0. The van der Waals surface area contributed by atoms with Gasteiger partial charge in [0.1, 0.15) is 0 Å². The maximum atomic E-state index is 2.18. The Morgan fingerprint density at radius 2 is 1.20 bits per heavy atom. The zero-order chi connectivity index (χ0) is 3.41. The SMILES string of the molecule is CCCC.[Zr]. The van der Waals surface area contributed by atoms with Crippen LogP contribution in [0.1, 0.15) is 26.7 Å². The van der Waals surface area contributed by atoms with Crippen LogP contribution in [-0.4, -0.2) is 0 Å². The number of rotatable bonds is 1. The van der Waals surface area contributed by atoms with Gasteiger partial charge in [0.15, 0.2) is 0 Å². The molecule has 5 heavy (non-hydrogen) atoms. The molecule has 30 valence electrons. The maximum absolute atomic E-state index is 2.18. The molecular formula is C4H10Zr. The summed E-state index contributed by atoms with van der Waals surface area (Å²) in [5.74, 6) is 0. The smallest absolute Gasteiger partial charge is 0 e. The molecule has 0 radical (unpaired) electrons. The molecule has 0 nitrogen and oxygen atoms in total. The largest absolute Gasteiger partial charge is 0.0654 e. The minimum Gasteiger partial charge on any atom is -0.0654 e. The molecule has 0 rings (SSSR count). The van der Waals surface area contributed by atoms with Crippen molar-refractivity contribution in [2.24, 2.45) is 0 Å². The topological polar surface area (TPSA) is 0 Å². The molecular weight excluding hydrogens is 139 g/mol. The Kier molecular flexibility index (Phi) is 16.5. The fourth-order valence-corrected chi connectivity index (χ4v) is 0. The van der Waals surface area contributed by atoms with Crippen LogP contribution in [0.4, 0.5) is 0 Å². The summed E-state index contributed by atoms with van der Waals surface area (Å²) < 4.78 is 0. The van der Waals surface area contributed by atoms with Gasteiger partial charge in [0.25, 0.3) is 0 Å². The van der Waals surface area contributed by atoms with Gasteiger partial charge in [-0.3, -0.25) is 0 Å². The molecule has 0 N–H and O–H groups in total. The quantitative estimate of drug-likeness (QED) is 0.533. The molecule has 0 saturated carbocycles. The van der Waals surface area contributed by atoms with Gasteiger partial charge in [0.05, 0.1) is 0 Å². The second-order valence-electron chi connectivity index (χ2n) is 1.000. The van der Waals surface area contributed by atoms with Crippen LogP contribution >= 0.6 is 0 Å². The molecule has 0 aromatic rings. The summed E-state index contributed by atoms with van der Waals surface area (Å²) in [5, 5.41) is 0. The van der Waals surface area contributed by atoms with Crippen LogP contribution in [0.25, 0.3) is 0 Å². The second-order valence-corrected chi connectivity index (χ2v) is 1.000. The van der Waals surface area contributed by atoms with Crippen molar-refractivity contribution in [3.63, 3.8) is 0 Å². The number of hydrogen-bond acceptors (Lipinski definition) is 0. The van der Waals surface area contributed by atoms with Crippen LogP contribution in [0, 0.1) is 0 Å². The first-order chi connectivity index (χ1) is 1.91. The summed E-state index contributed by atoms with van der Waals surface area (Å²) in [4.78, 5) is 0. The maximum Gasteiger partial charge on any atom is 0 e. The molecule has 0 amide bonds. The predicted molar refractivity (Wildman–Crippen MR) is 20.6 cm³/mol. The molecule has 0 aromatic heterocycles. The van der Waals surface area contributed by atoms with Crippen molar-refractivity contribution in [2.75, 3.05) is 0 Å². The third kappa shape index (κ3) is 11.4. The predicted octanol–water partition coefficient (Wildman–Crippen LogP) is 1.80. The Morgan fingerprint density at radius 1 is 1.00 bits per heavy atom. The standard InChI is InChI=1S/C4H10.Zr/c1-3-4-2;/h3-4H2,1-2H3;. The first-order valence-corrected chi connectivity index (χ1v) is 1.91. The Hall–Kier alpha value is 0.883. The van der Waals surface area contributed by atoms with Crippen LogP contribution < -0.4 is 0 Å². The summed E-state index contributed by atoms with van der Waals surface area (Å²) in [7, 11) is 0. The van der Waals surface area contributed by atoms with E-state index in [4.69, 9.17) is 0 Å². The van der Waals surface area contributed by atoms with E-state index in [1.807, 2.05) is 0 Å². The molecule has 0 heterocycles. The van der Waals surface area contributed by atoms with Gasteiger partial charge < -0.3 is 0 Å². The Labute approximate surface area is 53.1 Å². The van der Waals surface area contributed by atoms with E-state index in [0.717, 1.165) is 0 Å². The second kappa shape index (κ2) is 8.86. The molecule has 1 heteroatoms. The van der Waals surface area contributed by atoms with Gasteiger partial charge in [-0.05, 0) is 0 Å². The van der Waals surface area contributed by atoms with Crippen molar-refractivity contribution in [1.29, 1.82) is 0 Å².